The number of nitrogens with zero attached hydrogens (tertiary/aromatic N) is 1. The maximum atomic E-state index is 12.7. The lowest BCUT2D eigenvalue weighted by Crippen LogP contribution is -2.49. The first-order valence-corrected chi connectivity index (χ1v) is 9.01. The van der Waals surface area contributed by atoms with Crippen LogP contribution in [0.15, 0.2) is 67.0 Å². The van der Waals surface area contributed by atoms with E-state index in [9.17, 15) is 9.59 Å². The summed E-state index contributed by atoms with van der Waals surface area (Å²) in [6.45, 7) is 4.23. The minimum atomic E-state index is -0.606. The first-order valence-electron chi connectivity index (χ1n) is 9.01. The van der Waals surface area contributed by atoms with Crippen molar-refractivity contribution in [2.75, 3.05) is 0 Å². The van der Waals surface area contributed by atoms with Gasteiger partial charge in [-0.25, -0.2) is 0 Å². The molecule has 5 nitrogen and oxygen atoms in total. The van der Waals surface area contributed by atoms with E-state index in [2.05, 4.69) is 15.6 Å². The summed E-state index contributed by atoms with van der Waals surface area (Å²) < 4.78 is 0. The highest BCUT2D eigenvalue weighted by atomic mass is 16.2. The van der Waals surface area contributed by atoms with E-state index in [1.54, 1.807) is 18.5 Å². The van der Waals surface area contributed by atoms with Crippen LogP contribution in [0.1, 0.15) is 29.8 Å². The molecule has 0 spiro atoms. The molecule has 1 heterocycles. The Kier molecular flexibility index (Phi) is 5.81. The second-order valence-electron chi connectivity index (χ2n) is 6.83. The van der Waals surface area contributed by atoms with Crippen LogP contribution in [0, 0.1) is 5.92 Å². The van der Waals surface area contributed by atoms with Gasteiger partial charge in [0.2, 0.25) is 5.91 Å². The summed E-state index contributed by atoms with van der Waals surface area (Å²) >= 11 is 0. The molecule has 138 valence electrons. The molecule has 1 unspecified atom stereocenters. The van der Waals surface area contributed by atoms with E-state index < -0.39 is 6.04 Å². The Labute approximate surface area is 158 Å². The number of amides is 2. The highest BCUT2D eigenvalue weighted by Gasteiger charge is 2.24. The Morgan fingerprint density at radius 1 is 0.963 bits per heavy atom. The molecule has 0 radical (unpaired) electrons. The number of aromatic nitrogens is 1. The number of hydrogen-bond donors (Lipinski definition) is 2. The van der Waals surface area contributed by atoms with Crippen molar-refractivity contribution in [3.05, 3.63) is 78.1 Å². The van der Waals surface area contributed by atoms with Gasteiger partial charge in [-0.1, -0.05) is 44.2 Å². The third-order valence-electron chi connectivity index (χ3n) is 4.46. The predicted molar refractivity (Wildman–Crippen MR) is 106 cm³/mol. The molecule has 0 bridgehead atoms. The molecule has 0 fully saturated rings. The van der Waals surface area contributed by atoms with Crippen LogP contribution in [-0.4, -0.2) is 22.8 Å². The molecule has 2 aromatic carbocycles. The fourth-order valence-electron chi connectivity index (χ4n) is 2.89. The largest absolute Gasteiger partial charge is 0.350 e. The number of fused-ring (bicyclic) bond motifs is 1. The van der Waals surface area contributed by atoms with Gasteiger partial charge in [-0.3, -0.25) is 14.6 Å². The Bertz CT molecular complexity index is 938. The van der Waals surface area contributed by atoms with Crippen molar-refractivity contribution in [3.63, 3.8) is 0 Å². The molecule has 1 atom stereocenters. The van der Waals surface area contributed by atoms with Gasteiger partial charge in [-0.2, -0.15) is 0 Å². The van der Waals surface area contributed by atoms with E-state index in [0.717, 1.165) is 16.3 Å². The van der Waals surface area contributed by atoms with Crippen LogP contribution in [0.2, 0.25) is 0 Å². The molecule has 5 heteroatoms. The van der Waals surface area contributed by atoms with E-state index in [0.29, 0.717) is 12.1 Å². The van der Waals surface area contributed by atoms with Gasteiger partial charge in [0.25, 0.3) is 5.91 Å². The van der Waals surface area contributed by atoms with E-state index in [1.165, 1.54) is 0 Å². The van der Waals surface area contributed by atoms with Gasteiger partial charge in [0.15, 0.2) is 0 Å². The fraction of sp³-hybridized carbons (Fsp3) is 0.227. The van der Waals surface area contributed by atoms with Crippen LogP contribution in [0.3, 0.4) is 0 Å². The molecule has 0 saturated heterocycles. The summed E-state index contributed by atoms with van der Waals surface area (Å²) in [5.41, 5.74) is 1.50. The monoisotopic (exact) mass is 361 g/mol. The standard InChI is InChI=1S/C22H23N3O2/c1-15(2)20(22(27)24-14-16-9-11-23-12-10-16)25-21(26)19-8-7-17-5-3-4-6-18(17)13-19/h3-13,15,20H,14H2,1-2H3,(H,24,27)(H,25,26). The number of rotatable bonds is 6. The number of hydrogen-bond acceptors (Lipinski definition) is 3. The maximum Gasteiger partial charge on any atom is 0.251 e. The number of carbonyl (C=O) groups excluding carboxylic acids is 2. The number of pyridine rings is 1. The zero-order chi connectivity index (χ0) is 19.2. The summed E-state index contributed by atoms with van der Waals surface area (Å²) in [6, 6.07) is 16.5. The Hall–Kier alpha value is -3.21. The van der Waals surface area contributed by atoms with Crippen LogP contribution in [0.4, 0.5) is 0 Å². The lowest BCUT2D eigenvalue weighted by Gasteiger charge is -2.22. The van der Waals surface area contributed by atoms with Gasteiger partial charge in [-0.15, -0.1) is 0 Å². The third kappa shape index (κ3) is 4.70. The Balaban J connectivity index is 1.68. The maximum absolute atomic E-state index is 12.7. The van der Waals surface area contributed by atoms with Crippen molar-refractivity contribution >= 4 is 22.6 Å². The molecular weight excluding hydrogens is 338 g/mol. The molecule has 2 amide bonds. The minimum absolute atomic E-state index is 0.0353. The van der Waals surface area contributed by atoms with Crippen LogP contribution in [-0.2, 0) is 11.3 Å². The van der Waals surface area contributed by atoms with E-state index in [1.807, 2.05) is 62.4 Å². The highest BCUT2D eigenvalue weighted by molar-refractivity contribution is 6.00. The van der Waals surface area contributed by atoms with Gasteiger partial charge >= 0.3 is 0 Å². The summed E-state index contributed by atoms with van der Waals surface area (Å²) in [4.78, 5) is 29.2. The normalized spacial score (nSPS) is 12.0. The smallest absolute Gasteiger partial charge is 0.251 e. The molecule has 0 aliphatic rings. The molecule has 0 saturated carbocycles. The van der Waals surface area contributed by atoms with Gasteiger partial charge < -0.3 is 10.6 Å². The second-order valence-corrected chi connectivity index (χ2v) is 6.83. The molecule has 0 aliphatic heterocycles. The first-order chi connectivity index (χ1) is 13.0. The number of benzene rings is 2. The van der Waals surface area contributed by atoms with E-state index in [4.69, 9.17) is 0 Å². The van der Waals surface area contributed by atoms with E-state index in [-0.39, 0.29) is 17.7 Å². The minimum Gasteiger partial charge on any atom is -0.350 e. The van der Waals surface area contributed by atoms with Crippen molar-refractivity contribution in [3.8, 4) is 0 Å². The lowest BCUT2D eigenvalue weighted by atomic mass is 10.0. The van der Waals surface area contributed by atoms with Crippen LogP contribution in [0.25, 0.3) is 10.8 Å². The van der Waals surface area contributed by atoms with Gasteiger partial charge in [0, 0.05) is 24.5 Å². The average molecular weight is 361 g/mol. The molecule has 0 aliphatic carbocycles. The van der Waals surface area contributed by atoms with Crippen molar-refractivity contribution in [1.82, 2.24) is 15.6 Å². The topological polar surface area (TPSA) is 71.1 Å². The van der Waals surface area contributed by atoms with Crippen molar-refractivity contribution < 1.29 is 9.59 Å². The fourth-order valence-corrected chi connectivity index (χ4v) is 2.89. The van der Waals surface area contributed by atoms with Gasteiger partial charge in [0.1, 0.15) is 6.04 Å². The van der Waals surface area contributed by atoms with Crippen molar-refractivity contribution in [2.24, 2.45) is 5.92 Å². The highest BCUT2D eigenvalue weighted by Crippen LogP contribution is 2.16. The molecular formula is C22H23N3O2. The van der Waals surface area contributed by atoms with Crippen molar-refractivity contribution in [1.29, 1.82) is 0 Å². The summed E-state index contributed by atoms with van der Waals surface area (Å²) in [7, 11) is 0. The molecule has 1 aromatic heterocycles. The zero-order valence-corrected chi connectivity index (χ0v) is 15.5. The van der Waals surface area contributed by atoms with Crippen molar-refractivity contribution in [2.45, 2.75) is 26.4 Å². The summed E-state index contributed by atoms with van der Waals surface area (Å²) in [5, 5.41) is 7.82. The SMILES string of the molecule is CC(C)C(NC(=O)c1ccc2ccccc2c1)C(=O)NCc1ccncc1. The van der Waals surface area contributed by atoms with Gasteiger partial charge in [0.05, 0.1) is 0 Å². The van der Waals surface area contributed by atoms with E-state index >= 15 is 0 Å². The molecule has 2 N–H and O–H groups in total. The molecule has 3 aromatic rings. The first kappa shape index (κ1) is 18.6. The van der Waals surface area contributed by atoms with Crippen LogP contribution < -0.4 is 10.6 Å². The van der Waals surface area contributed by atoms with Crippen LogP contribution >= 0.6 is 0 Å². The summed E-state index contributed by atoms with van der Waals surface area (Å²) in [5.74, 6) is -0.485. The number of nitrogens with one attached hydrogen (secondary N) is 2. The quantitative estimate of drug-likeness (QED) is 0.708. The zero-order valence-electron chi connectivity index (χ0n) is 15.5. The second kappa shape index (κ2) is 8.45. The van der Waals surface area contributed by atoms with Gasteiger partial charge in [-0.05, 0) is 46.5 Å². The Morgan fingerprint density at radius 3 is 2.37 bits per heavy atom. The predicted octanol–water partition coefficient (Wildman–Crippen LogP) is 3.31. The van der Waals surface area contributed by atoms with Crippen LogP contribution in [0.5, 0.6) is 0 Å². The third-order valence-corrected chi connectivity index (χ3v) is 4.46. The summed E-state index contributed by atoms with van der Waals surface area (Å²) in [6.07, 6.45) is 3.37. The number of carbonyl (C=O) groups is 2. The molecule has 3 rings (SSSR count). The Morgan fingerprint density at radius 2 is 1.67 bits per heavy atom. The molecule has 27 heavy (non-hydrogen) atoms. The lowest BCUT2D eigenvalue weighted by molar-refractivity contribution is -0.124. The average Bonchev–Trinajstić information content (AvgIpc) is 2.70.